The molecule has 268 valence electrons. The monoisotopic (exact) mass is 717 g/mol. The number of likely N-dealkylation sites (N-methyl/N-ethyl adjacent to an activating group) is 1. The van der Waals surface area contributed by atoms with Gasteiger partial charge in [-0.3, -0.25) is 19.8 Å². The van der Waals surface area contributed by atoms with Crippen molar-refractivity contribution in [2.45, 2.75) is 56.5 Å². The fourth-order valence-corrected chi connectivity index (χ4v) is 6.20. The number of pyridine rings is 1. The van der Waals surface area contributed by atoms with Crippen LogP contribution in [0.3, 0.4) is 0 Å². The number of nitrogens with one attached hydrogen (secondary N) is 3. The van der Waals surface area contributed by atoms with Gasteiger partial charge in [0.25, 0.3) is 5.91 Å². The first-order valence-corrected chi connectivity index (χ1v) is 16.9. The van der Waals surface area contributed by atoms with Crippen molar-refractivity contribution in [2.24, 2.45) is 0 Å². The predicted octanol–water partition coefficient (Wildman–Crippen LogP) is 3.19. The molecule has 5 amide bonds. The first-order chi connectivity index (χ1) is 24.0. The van der Waals surface area contributed by atoms with E-state index in [2.05, 4.69) is 35.5 Å². The Labute approximate surface area is 290 Å². The number of rotatable bonds is 10. The lowest BCUT2D eigenvalue weighted by molar-refractivity contribution is -0.152. The van der Waals surface area contributed by atoms with E-state index in [9.17, 15) is 19.2 Å². The van der Waals surface area contributed by atoms with Crippen molar-refractivity contribution in [2.75, 3.05) is 45.7 Å². The fourth-order valence-electron chi connectivity index (χ4n) is 5.79. The quantitative estimate of drug-likeness (QED) is 0.268. The average molecular weight is 718 g/mol. The number of hydrogen-bond acceptors (Lipinski definition) is 10. The van der Waals surface area contributed by atoms with Crippen LogP contribution in [0.25, 0.3) is 0 Å². The number of benzene rings is 1. The number of methoxy groups -OCH3 is 1. The van der Waals surface area contributed by atoms with Crippen LogP contribution in [-0.4, -0.2) is 106 Å². The molecule has 0 radical (unpaired) electrons. The van der Waals surface area contributed by atoms with Crippen molar-refractivity contribution in [3.63, 3.8) is 0 Å². The zero-order valence-electron chi connectivity index (χ0n) is 27.5. The van der Waals surface area contributed by atoms with Gasteiger partial charge in [0.15, 0.2) is 0 Å². The van der Waals surface area contributed by atoms with E-state index in [0.29, 0.717) is 57.4 Å². The maximum absolute atomic E-state index is 15.5. The van der Waals surface area contributed by atoms with Crippen LogP contribution in [0, 0.1) is 5.82 Å². The maximum Gasteiger partial charge on any atom is 0.352 e. The number of nitrogens with zero attached hydrogens (tertiary/aromatic N) is 6. The van der Waals surface area contributed by atoms with Crippen LogP contribution < -0.4 is 20.8 Å². The van der Waals surface area contributed by atoms with Crippen LogP contribution in [0.15, 0.2) is 42.7 Å². The van der Waals surface area contributed by atoms with Gasteiger partial charge in [0.1, 0.15) is 16.7 Å². The number of carbonyl (C=O) groups excluding carboxylic acids is 4. The van der Waals surface area contributed by atoms with Crippen LogP contribution >= 0.6 is 11.5 Å². The highest BCUT2D eigenvalue weighted by molar-refractivity contribution is 7.07. The molecule has 2 fully saturated rings. The second-order valence-corrected chi connectivity index (χ2v) is 12.9. The number of amides is 5. The number of piperazine rings is 1. The minimum Gasteiger partial charge on any atom is -0.481 e. The van der Waals surface area contributed by atoms with E-state index in [1.807, 2.05) is 7.05 Å². The number of anilines is 1. The van der Waals surface area contributed by atoms with Crippen LogP contribution in [0.5, 0.6) is 5.88 Å². The zero-order chi connectivity index (χ0) is 35.8. The molecule has 1 saturated heterocycles. The van der Waals surface area contributed by atoms with Crippen LogP contribution in [0.2, 0.25) is 0 Å². The highest BCUT2D eigenvalue weighted by Gasteiger charge is 2.44. The topological polar surface area (TPSA) is 162 Å². The largest absolute Gasteiger partial charge is 0.481 e. The number of halogens is 3. The molecule has 1 aromatic carbocycles. The summed E-state index contributed by atoms with van der Waals surface area (Å²) in [5.74, 6) is -7.48. The second kappa shape index (κ2) is 16.2. The van der Waals surface area contributed by atoms with E-state index < -0.39 is 47.2 Å². The van der Waals surface area contributed by atoms with Crippen molar-refractivity contribution in [3.8, 4) is 5.88 Å². The zero-order valence-corrected chi connectivity index (χ0v) is 28.4. The molecule has 3 N–H and O–H groups in total. The van der Waals surface area contributed by atoms with Crippen LogP contribution in [0.4, 0.5) is 23.7 Å². The number of aromatic nitrogens is 3. The molecule has 3 heterocycles. The summed E-state index contributed by atoms with van der Waals surface area (Å²) in [4.78, 5) is 60.4. The predicted molar refractivity (Wildman–Crippen MR) is 176 cm³/mol. The highest BCUT2D eigenvalue weighted by Crippen LogP contribution is 2.30. The Kier molecular flexibility index (Phi) is 11.8. The lowest BCUT2D eigenvalue weighted by Crippen LogP contribution is -2.57. The normalized spacial score (nSPS) is 16.3. The van der Waals surface area contributed by atoms with Gasteiger partial charge >= 0.3 is 17.9 Å². The number of hydrogen-bond donors (Lipinski definition) is 3. The third kappa shape index (κ3) is 8.84. The van der Waals surface area contributed by atoms with Gasteiger partial charge in [-0.15, -0.1) is 5.10 Å². The molecule has 1 atom stereocenters. The Morgan fingerprint density at radius 1 is 1.06 bits per heavy atom. The Morgan fingerprint density at radius 3 is 2.42 bits per heavy atom. The number of hydrazine groups is 1. The molecule has 14 nitrogen and oxygen atoms in total. The van der Waals surface area contributed by atoms with Gasteiger partial charge < -0.3 is 25.2 Å². The van der Waals surface area contributed by atoms with Crippen molar-refractivity contribution >= 4 is 41.0 Å². The summed E-state index contributed by atoms with van der Waals surface area (Å²) < 4.78 is 54.5. The Bertz CT molecular complexity index is 1650. The summed E-state index contributed by atoms with van der Waals surface area (Å²) in [6.45, 7) is 2.23. The lowest BCUT2D eigenvalue weighted by Gasteiger charge is -2.35. The van der Waals surface area contributed by atoms with E-state index in [1.54, 1.807) is 4.90 Å². The van der Waals surface area contributed by atoms with Crippen LogP contribution in [-0.2, 0) is 21.9 Å². The van der Waals surface area contributed by atoms with Crippen molar-refractivity contribution in [1.29, 1.82) is 0 Å². The summed E-state index contributed by atoms with van der Waals surface area (Å²) in [5, 5.41) is 9.57. The van der Waals surface area contributed by atoms with E-state index in [-0.39, 0.29) is 28.8 Å². The van der Waals surface area contributed by atoms with Crippen molar-refractivity contribution in [3.05, 3.63) is 64.5 Å². The minimum atomic E-state index is -4.05. The number of alkyl halides is 2. The van der Waals surface area contributed by atoms with Gasteiger partial charge in [-0.25, -0.2) is 19.2 Å². The summed E-state index contributed by atoms with van der Waals surface area (Å²) in [5.41, 5.74) is 1.43. The summed E-state index contributed by atoms with van der Waals surface area (Å²) in [6.07, 6.45) is 5.20. The first-order valence-electron chi connectivity index (χ1n) is 16.1. The van der Waals surface area contributed by atoms with Gasteiger partial charge in [-0.1, -0.05) is 29.8 Å². The van der Waals surface area contributed by atoms with Crippen LogP contribution in [0.1, 0.15) is 52.9 Å². The average Bonchev–Trinajstić information content (AvgIpc) is 3.67. The number of urea groups is 1. The Morgan fingerprint density at radius 2 is 1.80 bits per heavy atom. The molecular weight excluding hydrogens is 679 g/mol. The third-order valence-corrected chi connectivity index (χ3v) is 9.36. The standard InChI is InChI=1S/C32H38F3N9O5S/c1-42-12-14-43(15-13-42)29(46)25(38-28(45)26-19-37-41-50-26)17-20-8-10-24(23(33)16-20)39-31(48)44(22-6-4-3-5-7-22)40-30(47)32(34,35)21-9-11-27(49-2)36-18-21/h8-11,16,18-19,22,25H,3-7,12-15,17H2,1-2H3,(H,38,45)(H,39,48)(H,40,47)/t25-/m1/s1. The Balaban J connectivity index is 1.31. The highest BCUT2D eigenvalue weighted by atomic mass is 32.1. The molecule has 1 aliphatic carbocycles. The van der Waals surface area contributed by atoms with Gasteiger partial charge in [-0.05, 0) is 55.2 Å². The molecular formula is C32H38F3N9O5S. The van der Waals surface area contributed by atoms with Gasteiger partial charge in [-0.2, -0.15) is 8.78 Å². The number of carbonyl (C=O) groups is 4. The third-order valence-electron chi connectivity index (χ3n) is 8.69. The van der Waals surface area contributed by atoms with E-state index >= 15 is 13.2 Å². The van der Waals surface area contributed by atoms with Crippen molar-refractivity contribution < 1.29 is 37.1 Å². The first kappa shape index (κ1) is 36.4. The lowest BCUT2D eigenvalue weighted by atomic mass is 9.95. The van der Waals surface area contributed by atoms with Crippen molar-refractivity contribution in [1.82, 2.24) is 40.1 Å². The SMILES string of the molecule is COc1ccc(C(F)(F)C(=O)NN(C(=O)Nc2ccc(C[C@@H](NC(=O)c3cnns3)C(=O)N3CCN(C)CC3)cc2F)C2CCCCC2)cn1. The molecule has 1 saturated carbocycles. The molecule has 0 bridgehead atoms. The molecule has 3 aromatic rings. The minimum absolute atomic E-state index is 0.0617. The molecule has 1 aliphatic heterocycles. The molecule has 2 aliphatic rings. The molecule has 0 unspecified atom stereocenters. The second-order valence-electron chi connectivity index (χ2n) is 12.2. The van der Waals surface area contributed by atoms with E-state index in [4.69, 9.17) is 4.74 Å². The van der Waals surface area contributed by atoms with Gasteiger partial charge in [0.2, 0.25) is 11.8 Å². The fraction of sp³-hybridized carbons (Fsp3) is 0.469. The summed E-state index contributed by atoms with van der Waals surface area (Å²) >= 11 is 0.870. The van der Waals surface area contributed by atoms with E-state index in [1.165, 1.54) is 31.5 Å². The Hall–Kier alpha value is -4.84. The maximum atomic E-state index is 15.5. The molecule has 50 heavy (non-hydrogen) atoms. The smallest absolute Gasteiger partial charge is 0.352 e. The van der Waals surface area contributed by atoms with Gasteiger partial charge in [0, 0.05) is 50.4 Å². The number of ether oxygens (including phenoxy) is 1. The summed E-state index contributed by atoms with van der Waals surface area (Å²) in [6, 6.07) is 3.41. The molecule has 0 spiro atoms. The summed E-state index contributed by atoms with van der Waals surface area (Å²) in [7, 11) is 3.26. The van der Waals surface area contributed by atoms with Gasteiger partial charge in [0.05, 0.1) is 25.0 Å². The van der Waals surface area contributed by atoms with E-state index in [0.717, 1.165) is 41.3 Å². The molecule has 18 heteroatoms. The molecule has 5 rings (SSSR count). The molecule has 2 aromatic heterocycles.